The van der Waals surface area contributed by atoms with Crippen LogP contribution >= 0.6 is 0 Å². The number of carboxylic acid groups (broad SMARTS) is 1. The maximum Gasteiger partial charge on any atom is 0.326 e. The van der Waals surface area contributed by atoms with Crippen LogP contribution in [0.4, 0.5) is 17.1 Å². The third kappa shape index (κ3) is 5.07. The van der Waals surface area contributed by atoms with E-state index in [1.54, 1.807) is 17.0 Å². The smallest absolute Gasteiger partial charge is 0.326 e. The van der Waals surface area contributed by atoms with E-state index >= 15 is 0 Å². The molecular weight excluding hydrogens is 466 g/mol. The number of hydrogen-bond acceptors (Lipinski definition) is 4. The fourth-order valence-corrected chi connectivity index (χ4v) is 5.53. The van der Waals surface area contributed by atoms with Gasteiger partial charge in [-0.3, -0.25) is 9.59 Å². The SMILES string of the molecule is CCC(C(=O)O)N(c1ccccc1)c1ccc(NC(=O)C2CC(=O)N(C3Cc4ccccc4C3)C2)cc1. The Bertz CT molecular complexity index is 1270. The van der Waals surface area contributed by atoms with E-state index < -0.39 is 17.9 Å². The number of carbonyl (C=O) groups excluding carboxylic acids is 2. The van der Waals surface area contributed by atoms with Crippen LogP contribution in [0.15, 0.2) is 78.9 Å². The molecule has 0 spiro atoms. The molecule has 3 aromatic rings. The minimum absolute atomic E-state index is 0.0334. The second-order valence-electron chi connectivity index (χ2n) is 9.78. The van der Waals surface area contributed by atoms with Crippen LogP contribution in [-0.2, 0) is 27.2 Å². The summed E-state index contributed by atoms with van der Waals surface area (Å²) in [6, 6.07) is 24.3. The molecular formula is C30H31N3O4. The second kappa shape index (κ2) is 10.5. The number of amides is 2. The molecule has 2 N–H and O–H groups in total. The summed E-state index contributed by atoms with van der Waals surface area (Å²) in [7, 11) is 0. The average Bonchev–Trinajstić information content (AvgIpc) is 3.51. The molecule has 1 aliphatic heterocycles. The van der Waals surface area contributed by atoms with E-state index in [0.717, 1.165) is 24.2 Å². The first-order chi connectivity index (χ1) is 17.9. The molecule has 2 unspecified atom stereocenters. The molecule has 5 rings (SSSR count). The first-order valence-electron chi connectivity index (χ1n) is 12.8. The van der Waals surface area contributed by atoms with Gasteiger partial charge in [0.25, 0.3) is 0 Å². The Morgan fingerprint density at radius 3 is 2.11 bits per heavy atom. The second-order valence-corrected chi connectivity index (χ2v) is 9.78. The number of benzene rings is 3. The Labute approximate surface area is 216 Å². The minimum Gasteiger partial charge on any atom is -0.480 e. The van der Waals surface area contributed by atoms with Gasteiger partial charge in [-0.05, 0) is 66.8 Å². The fraction of sp³-hybridized carbons (Fsp3) is 0.300. The van der Waals surface area contributed by atoms with Gasteiger partial charge in [-0.15, -0.1) is 0 Å². The number of rotatable bonds is 8. The number of para-hydroxylation sites is 1. The molecule has 190 valence electrons. The number of hydrogen-bond donors (Lipinski definition) is 2. The van der Waals surface area contributed by atoms with Crippen molar-refractivity contribution in [1.29, 1.82) is 0 Å². The summed E-state index contributed by atoms with van der Waals surface area (Å²) in [6.07, 6.45) is 2.33. The van der Waals surface area contributed by atoms with Gasteiger partial charge in [0.05, 0.1) is 5.92 Å². The van der Waals surface area contributed by atoms with Gasteiger partial charge in [-0.25, -0.2) is 4.79 Å². The van der Waals surface area contributed by atoms with E-state index in [-0.39, 0.29) is 24.3 Å². The number of nitrogens with one attached hydrogen (secondary N) is 1. The van der Waals surface area contributed by atoms with Crippen molar-refractivity contribution in [3.05, 3.63) is 90.0 Å². The Morgan fingerprint density at radius 1 is 0.919 bits per heavy atom. The third-order valence-electron chi connectivity index (χ3n) is 7.43. The molecule has 2 aliphatic rings. The quantitative estimate of drug-likeness (QED) is 0.473. The van der Waals surface area contributed by atoms with Crippen molar-refractivity contribution in [1.82, 2.24) is 4.90 Å². The molecule has 1 heterocycles. The molecule has 37 heavy (non-hydrogen) atoms. The van der Waals surface area contributed by atoms with Crippen LogP contribution in [0, 0.1) is 5.92 Å². The molecule has 1 aliphatic carbocycles. The highest BCUT2D eigenvalue weighted by molar-refractivity contribution is 5.97. The Morgan fingerprint density at radius 2 is 1.51 bits per heavy atom. The van der Waals surface area contributed by atoms with Crippen LogP contribution in [0.5, 0.6) is 0 Å². The fourth-order valence-electron chi connectivity index (χ4n) is 5.53. The van der Waals surface area contributed by atoms with Gasteiger partial charge < -0.3 is 20.2 Å². The summed E-state index contributed by atoms with van der Waals surface area (Å²) in [6.45, 7) is 2.28. The largest absolute Gasteiger partial charge is 0.480 e. The van der Waals surface area contributed by atoms with Crippen LogP contribution in [-0.4, -0.2) is 46.4 Å². The number of carboxylic acids is 1. The van der Waals surface area contributed by atoms with E-state index in [2.05, 4.69) is 17.4 Å². The predicted octanol–water partition coefficient (Wildman–Crippen LogP) is 4.64. The van der Waals surface area contributed by atoms with Crippen LogP contribution in [0.3, 0.4) is 0 Å². The van der Waals surface area contributed by atoms with Crippen LogP contribution in [0.2, 0.25) is 0 Å². The van der Waals surface area contributed by atoms with Gasteiger partial charge >= 0.3 is 5.97 Å². The van der Waals surface area contributed by atoms with Crippen molar-refractivity contribution in [3.63, 3.8) is 0 Å². The lowest BCUT2D eigenvalue weighted by Crippen LogP contribution is -2.38. The molecule has 1 saturated heterocycles. The van der Waals surface area contributed by atoms with E-state index in [1.807, 2.05) is 66.4 Å². The molecule has 2 amide bonds. The number of fused-ring (bicyclic) bond motifs is 1. The van der Waals surface area contributed by atoms with E-state index in [0.29, 0.717) is 18.7 Å². The standard InChI is InChI=1S/C30H31N3O4/c1-2-27(30(36)37)33(24-10-4-3-5-11-24)25-14-12-23(13-15-25)31-29(35)22-18-28(34)32(19-22)26-16-20-8-6-7-9-21(20)17-26/h3-15,22,26-27H,2,16-19H2,1H3,(H,31,35)(H,36,37). The lowest BCUT2D eigenvalue weighted by Gasteiger charge is -2.30. The number of likely N-dealkylation sites (tertiary alicyclic amines) is 1. The summed E-state index contributed by atoms with van der Waals surface area (Å²) >= 11 is 0. The number of anilines is 3. The van der Waals surface area contributed by atoms with Crippen molar-refractivity contribution < 1.29 is 19.5 Å². The molecule has 0 bridgehead atoms. The third-order valence-corrected chi connectivity index (χ3v) is 7.43. The van der Waals surface area contributed by atoms with Crippen molar-refractivity contribution in [3.8, 4) is 0 Å². The first kappa shape index (κ1) is 24.6. The lowest BCUT2D eigenvalue weighted by molar-refractivity contribution is -0.138. The number of carbonyl (C=O) groups is 3. The molecule has 7 heteroatoms. The van der Waals surface area contributed by atoms with Crippen LogP contribution in [0.1, 0.15) is 30.9 Å². The molecule has 3 aromatic carbocycles. The summed E-state index contributed by atoms with van der Waals surface area (Å²) in [5.74, 6) is -1.43. The summed E-state index contributed by atoms with van der Waals surface area (Å²) in [4.78, 5) is 41.4. The Balaban J connectivity index is 1.26. The normalized spacial score (nSPS) is 17.9. The highest BCUT2D eigenvalue weighted by Crippen LogP contribution is 2.32. The van der Waals surface area contributed by atoms with Gasteiger partial charge in [-0.1, -0.05) is 49.4 Å². The first-order valence-corrected chi connectivity index (χ1v) is 12.8. The van der Waals surface area contributed by atoms with Gasteiger partial charge in [0, 0.05) is 36.1 Å². The minimum atomic E-state index is -0.899. The van der Waals surface area contributed by atoms with Crippen molar-refractivity contribution in [2.24, 2.45) is 5.92 Å². The zero-order chi connectivity index (χ0) is 25.9. The zero-order valence-corrected chi connectivity index (χ0v) is 20.8. The van der Waals surface area contributed by atoms with Crippen LogP contribution in [0.25, 0.3) is 0 Å². The van der Waals surface area contributed by atoms with Gasteiger partial charge in [-0.2, -0.15) is 0 Å². The number of aliphatic carboxylic acids is 1. The van der Waals surface area contributed by atoms with Gasteiger partial charge in [0.15, 0.2) is 0 Å². The van der Waals surface area contributed by atoms with Crippen LogP contribution < -0.4 is 10.2 Å². The number of nitrogens with zero attached hydrogens (tertiary/aromatic N) is 2. The molecule has 0 saturated carbocycles. The zero-order valence-electron chi connectivity index (χ0n) is 20.8. The molecule has 0 radical (unpaired) electrons. The summed E-state index contributed by atoms with van der Waals surface area (Å²) in [5, 5.41) is 12.8. The maximum absolute atomic E-state index is 13.0. The van der Waals surface area contributed by atoms with Gasteiger partial charge in [0.1, 0.15) is 6.04 Å². The highest BCUT2D eigenvalue weighted by atomic mass is 16.4. The molecule has 1 fully saturated rings. The lowest BCUT2D eigenvalue weighted by atomic mass is 10.1. The predicted molar refractivity (Wildman–Crippen MR) is 143 cm³/mol. The van der Waals surface area contributed by atoms with Crippen molar-refractivity contribution in [2.45, 2.75) is 44.7 Å². The monoisotopic (exact) mass is 497 g/mol. The molecule has 0 aromatic heterocycles. The maximum atomic E-state index is 13.0. The summed E-state index contributed by atoms with van der Waals surface area (Å²) in [5.41, 5.74) is 4.69. The molecule has 7 nitrogen and oxygen atoms in total. The highest BCUT2D eigenvalue weighted by Gasteiger charge is 2.39. The topological polar surface area (TPSA) is 90.0 Å². The average molecular weight is 498 g/mol. The Kier molecular flexibility index (Phi) is 6.95. The van der Waals surface area contributed by atoms with Crippen molar-refractivity contribution >= 4 is 34.8 Å². The Hall–Kier alpha value is -4.13. The summed E-state index contributed by atoms with van der Waals surface area (Å²) < 4.78 is 0. The van der Waals surface area contributed by atoms with E-state index in [4.69, 9.17) is 0 Å². The van der Waals surface area contributed by atoms with E-state index in [9.17, 15) is 19.5 Å². The van der Waals surface area contributed by atoms with E-state index in [1.165, 1.54) is 11.1 Å². The van der Waals surface area contributed by atoms with Crippen molar-refractivity contribution in [2.75, 3.05) is 16.8 Å². The molecule has 2 atom stereocenters. The van der Waals surface area contributed by atoms with Gasteiger partial charge in [0.2, 0.25) is 11.8 Å².